The number of para-hydroxylation sites is 1. The monoisotopic (exact) mass is 259 g/mol. The average molecular weight is 259 g/mol. The number of carbonyl (C=O) groups excluding carboxylic acids is 1. The van der Waals surface area contributed by atoms with Crippen molar-refractivity contribution in [2.24, 2.45) is 5.73 Å². The molecule has 2 rings (SSSR count). The zero-order chi connectivity index (χ0) is 13.3. The maximum atomic E-state index is 12.9. The van der Waals surface area contributed by atoms with Gasteiger partial charge in [0.1, 0.15) is 0 Å². The number of hydrogen-bond acceptors (Lipinski definition) is 5. The molecule has 0 saturated heterocycles. The van der Waals surface area contributed by atoms with Crippen LogP contribution in [-0.2, 0) is 9.53 Å². The average Bonchev–Trinajstić information content (AvgIpc) is 2.61. The number of alkyl halides is 2. The summed E-state index contributed by atoms with van der Waals surface area (Å²) >= 11 is 0. The molecule has 0 saturated carbocycles. The van der Waals surface area contributed by atoms with Gasteiger partial charge < -0.3 is 19.9 Å². The normalized spacial score (nSPS) is 17.3. The fourth-order valence-electron chi connectivity index (χ4n) is 1.65. The van der Waals surface area contributed by atoms with Gasteiger partial charge in [0.25, 0.3) is 0 Å². The SMILES string of the molecule is COC(=O)C[C@@H](N)c1cccc2c1OC(F)(F)O2. The van der Waals surface area contributed by atoms with Crippen LogP contribution in [0.15, 0.2) is 18.2 Å². The second-order valence-electron chi connectivity index (χ2n) is 3.73. The number of halogens is 2. The summed E-state index contributed by atoms with van der Waals surface area (Å²) in [5.41, 5.74) is 6.03. The summed E-state index contributed by atoms with van der Waals surface area (Å²) in [4.78, 5) is 11.1. The van der Waals surface area contributed by atoms with Gasteiger partial charge in [0, 0.05) is 11.6 Å². The summed E-state index contributed by atoms with van der Waals surface area (Å²) in [6, 6.07) is 3.53. The highest BCUT2D eigenvalue weighted by Gasteiger charge is 2.45. The highest BCUT2D eigenvalue weighted by molar-refractivity contribution is 5.70. The van der Waals surface area contributed by atoms with Gasteiger partial charge in [0.2, 0.25) is 0 Å². The standard InChI is InChI=1S/C11H11F2NO4/c1-16-9(15)5-7(14)6-3-2-4-8-10(6)18-11(12,13)17-8/h2-4,7H,5,14H2,1H3/t7-/m1/s1. The van der Waals surface area contributed by atoms with Gasteiger partial charge in [-0.05, 0) is 6.07 Å². The Morgan fingerprint density at radius 3 is 2.89 bits per heavy atom. The van der Waals surface area contributed by atoms with Crippen molar-refractivity contribution in [3.8, 4) is 11.5 Å². The Kier molecular flexibility index (Phi) is 3.08. The number of carbonyl (C=O) groups is 1. The molecule has 0 aliphatic carbocycles. The largest absolute Gasteiger partial charge is 0.586 e. The van der Waals surface area contributed by atoms with Crippen molar-refractivity contribution in [2.75, 3.05) is 7.11 Å². The number of ether oxygens (including phenoxy) is 3. The third kappa shape index (κ3) is 2.35. The first-order valence-electron chi connectivity index (χ1n) is 5.14. The molecule has 0 bridgehead atoms. The van der Waals surface area contributed by atoms with Gasteiger partial charge in [-0.25, -0.2) is 0 Å². The molecular formula is C11H11F2NO4. The zero-order valence-electron chi connectivity index (χ0n) is 9.48. The molecule has 5 nitrogen and oxygen atoms in total. The molecule has 1 atom stereocenters. The molecule has 0 radical (unpaired) electrons. The van der Waals surface area contributed by atoms with Gasteiger partial charge in [0.15, 0.2) is 11.5 Å². The number of fused-ring (bicyclic) bond motifs is 1. The van der Waals surface area contributed by atoms with Gasteiger partial charge >= 0.3 is 12.3 Å². The third-order valence-electron chi connectivity index (χ3n) is 2.47. The lowest BCUT2D eigenvalue weighted by Crippen LogP contribution is -2.26. The molecule has 98 valence electrons. The smallest absolute Gasteiger partial charge is 0.469 e. The molecule has 0 aromatic heterocycles. The summed E-state index contributed by atoms with van der Waals surface area (Å²) in [7, 11) is 1.22. The van der Waals surface area contributed by atoms with Crippen LogP contribution in [0.2, 0.25) is 0 Å². The van der Waals surface area contributed by atoms with Gasteiger partial charge in [-0.2, -0.15) is 0 Å². The van der Waals surface area contributed by atoms with Crippen LogP contribution < -0.4 is 15.2 Å². The molecule has 1 aliphatic heterocycles. The molecule has 0 fully saturated rings. The summed E-state index contributed by atoms with van der Waals surface area (Å²) in [6.07, 6.45) is -3.84. The molecule has 2 N–H and O–H groups in total. The van der Waals surface area contributed by atoms with E-state index in [-0.39, 0.29) is 23.5 Å². The molecule has 0 amide bonds. The van der Waals surface area contributed by atoms with Crippen LogP contribution in [0.25, 0.3) is 0 Å². The highest BCUT2D eigenvalue weighted by atomic mass is 19.3. The van der Waals surface area contributed by atoms with E-state index in [9.17, 15) is 13.6 Å². The fourth-order valence-corrected chi connectivity index (χ4v) is 1.65. The van der Waals surface area contributed by atoms with Crippen LogP contribution in [0.3, 0.4) is 0 Å². The van der Waals surface area contributed by atoms with Crippen LogP contribution in [0, 0.1) is 0 Å². The lowest BCUT2D eigenvalue weighted by atomic mass is 10.0. The Morgan fingerprint density at radius 1 is 1.50 bits per heavy atom. The highest BCUT2D eigenvalue weighted by Crippen LogP contribution is 2.45. The Morgan fingerprint density at radius 2 is 2.22 bits per heavy atom. The van der Waals surface area contributed by atoms with Crippen molar-refractivity contribution >= 4 is 5.97 Å². The maximum absolute atomic E-state index is 12.9. The van der Waals surface area contributed by atoms with Gasteiger partial charge in [0.05, 0.1) is 13.5 Å². The molecule has 18 heavy (non-hydrogen) atoms. The van der Waals surface area contributed by atoms with E-state index in [4.69, 9.17) is 5.73 Å². The number of nitrogens with two attached hydrogens (primary N) is 1. The van der Waals surface area contributed by atoms with E-state index in [1.54, 1.807) is 0 Å². The second kappa shape index (κ2) is 4.41. The van der Waals surface area contributed by atoms with Crippen molar-refractivity contribution in [1.82, 2.24) is 0 Å². The van der Waals surface area contributed by atoms with Gasteiger partial charge in [-0.3, -0.25) is 4.79 Å². The van der Waals surface area contributed by atoms with Crippen LogP contribution >= 0.6 is 0 Å². The maximum Gasteiger partial charge on any atom is 0.586 e. The minimum atomic E-state index is -3.70. The minimum Gasteiger partial charge on any atom is -0.469 e. The third-order valence-corrected chi connectivity index (χ3v) is 2.47. The fraction of sp³-hybridized carbons (Fsp3) is 0.364. The van der Waals surface area contributed by atoms with Gasteiger partial charge in [-0.15, -0.1) is 8.78 Å². The zero-order valence-corrected chi connectivity index (χ0v) is 9.48. The summed E-state index contributed by atoms with van der Waals surface area (Å²) in [5.74, 6) is -0.775. The van der Waals surface area contributed by atoms with E-state index in [2.05, 4.69) is 14.2 Å². The number of rotatable bonds is 3. The van der Waals surface area contributed by atoms with Gasteiger partial charge in [-0.1, -0.05) is 12.1 Å². The minimum absolute atomic E-state index is 0.0992. The predicted octanol–water partition coefficient (Wildman–Crippen LogP) is 1.57. The first kappa shape index (κ1) is 12.6. The predicted molar refractivity (Wildman–Crippen MR) is 56.2 cm³/mol. The van der Waals surface area contributed by atoms with E-state index < -0.39 is 18.3 Å². The number of hydrogen-bond donors (Lipinski definition) is 1. The van der Waals surface area contributed by atoms with Crippen molar-refractivity contribution in [2.45, 2.75) is 18.8 Å². The van der Waals surface area contributed by atoms with E-state index >= 15 is 0 Å². The van der Waals surface area contributed by atoms with E-state index in [0.717, 1.165) is 0 Å². The number of benzene rings is 1. The number of methoxy groups -OCH3 is 1. The van der Waals surface area contributed by atoms with Crippen molar-refractivity contribution in [3.63, 3.8) is 0 Å². The van der Waals surface area contributed by atoms with E-state index in [1.807, 2.05) is 0 Å². The molecule has 7 heteroatoms. The lowest BCUT2D eigenvalue weighted by molar-refractivity contribution is -0.287. The topological polar surface area (TPSA) is 70.8 Å². The van der Waals surface area contributed by atoms with Crippen LogP contribution in [0.1, 0.15) is 18.0 Å². The first-order valence-corrected chi connectivity index (χ1v) is 5.14. The van der Waals surface area contributed by atoms with E-state index in [1.165, 1.54) is 25.3 Å². The Balaban J connectivity index is 2.26. The van der Waals surface area contributed by atoms with Crippen LogP contribution in [0.4, 0.5) is 8.78 Å². The second-order valence-corrected chi connectivity index (χ2v) is 3.73. The summed E-state index contributed by atoms with van der Waals surface area (Å²) in [6.45, 7) is 0. The van der Waals surface area contributed by atoms with Crippen LogP contribution in [0.5, 0.6) is 11.5 Å². The molecule has 1 aromatic carbocycles. The number of esters is 1. The Bertz CT molecular complexity index is 478. The van der Waals surface area contributed by atoms with Crippen molar-refractivity contribution < 1.29 is 27.8 Å². The summed E-state index contributed by atoms with van der Waals surface area (Å²) in [5, 5.41) is 0. The Labute approximate surface area is 101 Å². The molecule has 1 heterocycles. The van der Waals surface area contributed by atoms with Crippen molar-refractivity contribution in [1.29, 1.82) is 0 Å². The van der Waals surface area contributed by atoms with Crippen LogP contribution in [-0.4, -0.2) is 19.4 Å². The lowest BCUT2D eigenvalue weighted by Gasteiger charge is -2.13. The molecule has 1 aliphatic rings. The molecular weight excluding hydrogens is 248 g/mol. The molecule has 0 unspecified atom stereocenters. The quantitative estimate of drug-likeness (QED) is 0.834. The molecule has 0 spiro atoms. The Hall–Kier alpha value is -1.89. The summed E-state index contributed by atoms with van der Waals surface area (Å²) < 4.78 is 39.0. The molecule has 1 aromatic rings. The van der Waals surface area contributed by atoms with E-state index in [0.29, 0.717) is 0 Å². The van der Waals surface area contributed by atoms with Crippen molar-refractivity contribution in [3.05, 3.63) is 23.8 Å². The first-order chi connectivity index (χ1) is 8.43.